The summed E-state index contributed by atoms with van der Waals surface area (Å²) in [5, 5.41) is 12.2. The van der Waals surface area contributed by atoms with Crippen molar-refractivity contribution in [3.63, 3.8) is 0 Å². The molecule has 0 unspecified atom stereocenters. The lowest BCUT2D eigenvalue weighted by Gasteiger charge is -2.31. The number of nitrogens with one attached hydrogen (secondary N) is 1. The van der Waals surface area contributed by atoms with Crippen molar-refractivity contribution >= 4 is 35.2 Å². The summed E-state index contributed by atoms with van der Waals surface area (Å²) in [6.07, 6.45) is 2.03. The van der Waals surface area contributed by atoms with E-state index in [-0.39, 0.29) is 19.0 Å². The smallest absolute Gasteiger partial charge is 0.322 e. The molecule has 1 heterocycles. The molecule has 5 nitrogen and oxygen atoms in total. The van der Waals surface area contributed by atoms with Gasteiger partial charge in [0.15, 0.2) is 0 Å². The van der Waals surface area contributed by atoms with Gasteiger partial charge in [0, 0.05) is 15.2 Å². The average Bonchev–Trinajstić information content (AvgIpc) is 2.49. The first kappa shape index (κ1) is 17.1. The summed E-state index contributed by atoms with van der Waals surface area (Å²) < 4.78 is 0. The Morgan fingerprint density at radius 3 is 2.50 bits per heavy atom. The molecule has 0 radical (unpaired) electrons. The molecule has 0 aliphatic carbocycles. The predicted molar refractivity (Wildman–Crippen MR) is 87.4 cm³/mol. The van der Waals surface area contributed by atoms with Crippen LogP contribution in [0.1, 0.15) is 12.8 Å². The van der Waals surface area contributed by atoms with E-state index in [1.54, 1.807) is 0 Å². The molecule has 1 saturated heterocycles. The maximum absolute atomic E-state index is 11.6. The van der Waals surface area contributed by atoms with Gasteiger partial charge < -0.3 is 10.4 Å². The molecule has 1 aromatic rings. The Kier molecular flexibility index (Phi) is 6.54. The molecular formula is C15H19ClN2O3S. The summed E-state index contributed by atoms with van der Waals surface area (Å²) in [7, 11) is 0. The number of halogens is 1. The summed E-state index contributed by atoms with van der Waals surface area (Å²) in [5.41, 5.74) is 0. The first-order valence-corrected chi connectivity index (χ1v) is 8.42. The Morgan fingerprint density at radius 2 is 1.91 bits per heavy atom. The van der Waals surface area contributed by atoms with Crippen molar-refractivity contribution in [3.05, 3.63) is 29.3 Å². The van der Waals surface area contributed by atoms with Crippen LogP contribution < -0.4 is 5.32 Å². The van der Waals surface area contributed by atoms with Crippen molar-refractivity contribution in [1.82, 2.24) is 10.2 Å². The zero-order chi connectivity index (χ0) is 15.9. The summed E-state index contributed by atoms with van der Waals surface area (Å²) >= 11 is 7.72. The lowest BCUT2D eigenvalue weighted by atomic mass is 10.1. The molecule has 22 heavy (non-hydrogen) atoms. The summed E-state index contributed by atoms with van der Waals surface area (Å²) in [6, 6.07) is 7.84. The van der Waals surface area contributed by atoms with Crippen LogP contribution >= 0.6 is 23.4 Å². The normalized spacial score (nSPS) is 16.4. The predicted octanol–water partition coefficient (Wildman–Crippen LogP) is 2.10. The number of carboxylic acids is 1. The summed E-state index contributed by atoms with van der Waals surface area (Å²) in [5.74, 6) is -1.25. The van der Waals surface area contributed by atoms with E-state index in [4.69, 9.17) is 16.7 Å². The van der Waals surface area contributed by atoms with Crippen molar-refractivity contribution in [2.75, 3.05) is 26.2 Å². The summed E-state index contributed by atoms with van der Waals surface area (Å²) in [6.45, 7) is 1.66. The van der Waals surface area contributed by atoms with Gasteiger partial charge in [0.1, 0.15) is 6.54 Å². The van der Waals surface area contributed by atoms with Gasteiger partial charge in [0.25, 0.3) is 0 Å². The topological polar surface area (TPSA) is 69.6 Å². The third-order valence-corrected chi connectivity index (χ3v) is 5.06. The van der Waals surface area contributed by atoms with Gasteiger partial charge in [-0.15, -0.1) is 11.8 Å². The first-order valence-electron chi connectivity index (χ1n) is 7.16. The van der Waals surface area contributed by atoms with Crippen LogP contribution in [0.2, 0.25) is 5.02 Å². The number of nitrogens with zero attached hydrogens (tertiary/aromatic N) is 1. The Balaban J connectivity index is 1.70. The molecule has 2 rings (SSSR count). The Hall–Kier alpha value is -1.24. The van der Waals surface area contributed by atoms with Crippen molar-refractivity contribution in [3.8, 4) is 0 Å². The highest BCUT2D eigenvalue weighted by atomic mass is 35.5. The van der Waals surface area contributed by atoms with E-state index >= 15 is 0 Å². The molecule has 0 saturated carbocycles. The largest absolute Gasteiger partial charge is 0.480 e. The maximum Gasteiger partial charge on any atom is 0.322 e. The number of carboxylic acid groups (broad SMARTS) is 1. The van der Waals surface area contributed by atoms with Crippen molar-refractivity contribution < 1.29 is 14.7 Å². The van der Waals surface area contributed by atoms with Gasteiger partial charge in [-0.2, -0.15) is 0 Å². The van der Waals surface area contributed by atoms with Gasteiger partial charge in [-0.3, -0.25) is 14.5 Å². The lowest BCUT2D eigenvalue weighted by molar-refractivity contribution is -0.138. The number of rotatable bonds is 6. The van der Waals surface area contributed by atoms with Crippen molar-refractivity contribution in [1.29, 1.82) is 0 Å². The highest BCUT2D eigenvalue weighted by Crippen LogP contribution is 2.30. The number of carbonyl (C=O) groups is 2. The van der Waals surface area contributed by atoms with E-state index in [0.29, 0.717) is 5.25 Å². The molecule has 2 N–H and O–H groups in total. The van der Waals surface area contributed by atoms with E-state index in [2.05, 4.69) is 10.2 Å². The molecule has 1 amide bonds. The molecule has 1 aliphatic rings. The van der Waals surface area contributed by atoms with Crippen LogP contribution in [-0.2, 0) is 9.59 Å². The van der Waals surface area contributed by atoms with Gasteiger partial charge in [0.05, 0.1) is 6.54 Å². The number of piperidine rings is 1. The van der Waals surface area contributed by atoms with E-state index in [1.807, 2.05) is 36.0 Å². The second kappa shape index (κ2) is 8.41. The average molecular weight is 343 g/mol. The Labute approximate surface area is 139 Å². The fourth-order valence-corrected chi connectivity index (χ4v) is 3.57. The third-order valence-electron chi connectivity index (χ3n) is 3.45. The minimum Gasteiger partial charge on any atom is -0.480 e. The number of aliphatic carboxylic acids is 1. The summed E-state index contributed by atoms with van der Waals surface area (Å²) in [4.78, 5) is 25.3. The first-order chi connectivity index (χ1) is 10.5. The van der Waals surface area contributed by atoms with Gasteiger partial charge in [-0.05, 0) is 50.2 Å². The van der Waals surface area contributed by atoms with Crippen LogP contribution in [0, 0.1) is 0 Å². The van der Waals surface area contributed by atoms with Crippen molar-refractivity contribution in [2.24, 2.45) is 0 Å². The van der Waals surface area contributed by atoms with Crippen molar-refractivity contribution in [2.45, 2.75) is 23.0 Å². The number of thioether (sulfide) groups is 1. The number of likely N-dealkylation sites (tertiary alicyclic amines) is 1. The Morgan fingerprint density at radius 1 is 1.27 bits per heavy atom. The molecule has 1 fully saturated rings. The fraction of sp³-hybridized carbons (Fsp3) is 0.467. The van der Waals surface area contributed by atoms with Gasteiger partial charge >= 0.3 is 5.97 Å². The minimum atomic E-state index is -1.02. The molecule has 1 aromatic carbocycles. The second-order valence-electron chi connectivity index (χ2n) is 5.22. The van der Waals surface area contributed by atoms with E-state index in [0.717, 1.165) is 31.0 Å². The Bertz CT molecular complexity index is 516. The van der Waals surface area contributed by atoms with E-state index < -0.39 is 5.97 Å². The highest BCUT2D eigenvalue weighted by molar-refractivity contribution is 8.00. The van der Waals surface area contributed by atoms with Gasteiger partial charge in [-0.1, -0.05) is 11.6 Å². The quantitative estimate of drug-likeness (QED) is 0.828. The van der Waals surface area contributed by atoms with Crippen LogP contribution in [0.5, 0.6) is 0 Å². The number of hydrogen-bond donors (Lipinski definition) is 2. The zero-order valence-corrected chi connectivity index (χ0v) is 13.7. The minimum absolute atomic E-state index is 0.230. The van der Waals surface area contributed by atoms with Crippen LogP contribution in [0.3, 0.4) is 0 Å². The number of hydrogen-bond acceptors (Lipinski definition) is 4. The molecule has 1 aliphatic heterocycles. The number of carbonyl (C=O) groups excluding carboxylic acids is 1. The molecule has 0 aromatic heterocycles. The highest BCUT2D eigenvalue weighted by Gasteiger charge is 2.21. The fourth-order valence-electron chi connectivity index (χ4n) is 2.32. The third kappa shape index (κ3) is 5.87. The molecule has 0 bridgehead atoms. The van der Waals surface area contributed by atoms with E-state index in [1.165, 1.54) is 4.90 Å². The standard InChI is InChI=1S/C15H19ClN2O3S/c16-11-1-3-12(4-2-11)22-13-5-7-18(8-6-13)10-14(19)17-9-15(20)21/h1-4,13H,5-10H2,(H,17,19)(H,20,21). The van der Waals surface area contributed by atoms with Crippen LogP contribution in [-0.4, -0.2) is 53.3 Å². The van der Waals surface area contributed by atoms with Crippen LogP contribution in [0.4, 0.5) is 0 Å². The van der Waals surface area contributed by atoms with Gasteiger partial charge in [0.2, 0.25) is 5.91 Å². The second-order valence-corrected chi connectivity index (χ2v) is 7.03. The number of amides is 1. The molecule has 0 atom stereocenters. The van der Waals surface area contributed by atoms with Crippen LogP contribution in [0.15, 0.2) is 29.2 Å². The van der Waals surface area contributed by atoms with Crippen LogP contribution in [0.25, 0.3) is 0 Å². The zero-order valence-electron chi connectivity index (χ0n) is 12.1. The molecule has 120 valence electrons. The van der Waals surface area contributed by atoms with E-state index in [9.17, 15) is 9.59 Å². The monoisotopic (exact) mass is 342 g/mol. The molecular weight excluding hydrogens is 324 g/mol. The lowest BCUT2D eigenvalue weighted by Crippen LogP contribution is -2.43. The molecule has 7 heteroatoms. The SMILES string of the molecule is O=C(O)CNC(=O)CN1CCC(Sc2ccc(Cl)cc2)CC1. The number of benzene rings is 1. The maximum atomic E-state index is 11.6. The molecule has 0 spiro atoms. The van der Waals surface area contributed by atoms with Gasteiger partial charge in [-0.25, -0.2) is 0 Å².